The molecule has 0 aromatic rings. The van der Waals surface area contributed by atoms with Gasteiger partial charge < -0.3 is 10.0 Å². The smallest absolute Gasteiger partial charge is 0.225 e. The third-order valence-electron chi connectivity index (χ3n) is 4.49. The molecule has 2 rings (SSSR count). The van der Waals surface area contributed by atoms with E-state index in [4.69, 9.17) is 0 Å². The van der Waals surface area contributed by atoms with Gasteiger partial charge in [0.25, 0.3) is 0 Å². The maximum atomic E-state index is 12.4. The van der Waals surface area contributed by atoms with E-state index in [2.05, 4.69) is 0 Å². The number of aliphatic hydroxyl groups is 1. The average molecular weight is 239 g/mol. The van der Waals surface area contributed by atoms with Crippen LogP contribution < -0.4 is 0 Å². The predicted octanol–water partition coefficient (Wildman–Crippen LogP) is 2.33. The Bertz CT molecular complexity index is 261. The van der Waals surface area contributed by atoms with Gasteiger partial charge in [-0.1, -0.05) is 32.1 Å². The number of carbonyl (C=O) groups excluding carboxylic acids is 1. The number of aliphatic hydroxyl groups excluding tert-OH is 1. The lowest BCUT2D eigenvalue weighted by Crippen LogP contribution is -2.48. The third kappa shape index (κ3) is 3.01. The number of likely N-dealkylation sites (N-methyl/N-ethyl adjacent to an activating group) is 1. The molecule has 1 N–H and O–H groups in total. The largest absolute Gasteiger partial charge is 0.391 e. The standard InChI is InChI=1S/C14H25NO2/c1-15(12-9-5-6-10-13(12)16)14(17)11-7-3-2-4-8-11/h11-13,16H,2-10H2,1H3. The van der Waals surface area contributed by atoms with Gasteiger partial charge >= 0.3 is 0 Å². The number of nitrogens with zero attached hydrogens (tertiary/aromatic N) is 1. The number of amides is 1. The van der Waals surface area contributed by atoms with Crippen molar-refractivity contribution < 1.29 is 9.90 Å². The molecule has 2 unspecified atom stereocenters. The van der Waals surface area contributed by atoms with E-state index in [0.717, 1.165) is 38.5 Å². The zero-order chi connectivity index (χ0) is 12.3. The highest BCUT2D eigenvalue weighted by atomic mass is 16.3. The van der Waals surface area contributed by atoms with Crippen molar-refractivity contribution in [1.82, 2.24) is 4.90 Å². The molecule has 2 saturated carbocycles. The van der Waals surface area contributed by atoms with Crippen LogP contribution in [0, 0.1) is 5.92 Å². The molecular weight excluding hydrogens is 214 g/mol. The fourth-order valence-corrected chi connectivity index (χ4v) is 3.34. The molecule has 2 atom stereocenters. The van der Waals surface area contributed by atoms with E-state index >= 15 is 0 Å². The summed E-state index contributed by atoms with van der Waals surface area (Å²) in [5.74, 6) is 0.499. The summed E-state index contributed by atoms with van der Waals surface area (Å²) in [6.45, 7) is 0. The minimum atomic E-state index is -0.304. The number of carbonyl (C=O) groups is 1. The second-order valence-corrected chi connectivity index (χ2v) is 5.70. The Labute approximate surface area is 104 Å². The van der Waals surface area contributed by atoms with Crippen LogP contribution in [0.3, 0.4) is 0 Å². The molecule has 2 aliphatic carbocycles. The molecule has 3 heteroatoms. The number of hydrogen-bond acceptors (Lipinski definition) is 2. The van der Waals surface area contributed by atoms with Crippen molar-refractivity contribution in [1.29, 1.82) is 0 Å². The van der Waals surface area contributed by atoms with Crippen LogP contribution in [0.5, 0.6) is 0 Å². The molecule has 3 nitrogen and oxygen atoms in total. The van der Waals surface area contributed by atoms with E-state index in [-0.39, 0.29) is 24.0 Å². The van der Waals surface area contributed by atoms with Gasteiger partial charge in [-0.2, -0.15) is 0 Å². The maximum absolute atomic E-state index is 12.4. The van der Waals surface area contributed by atoms with Gasteiger partial charge in [0.15, 0.2) is 0 Å². The summed E-state index contributed by atoms with van der Waals surface area (Å²) < 4.78 is 0. The Morgan fingerprint density at radius 2 is 1.59 bits per heavy atom. The molecule has 2 fully saturated rings. The molecule has 0 aliphatic heterocycles. The Kier molecular flexibility index (Phi) is 4.43. The molecule has 0 aromatic heterocycles. The summed E-state index contributed by atoms with van der Waals surface area (Å²) in [5.41, 5.74) is 0. The van der Waals surface area contributed by atoms with Crippen LogP contribution in [0.1, 0.15) is 57.8 Å². The van der Waals surface area contributed by atoms with Crippen molar-refractivity contribution >= 4 is 5.91 Å². The molecule has 98 valence electrons. The summed E-state index contributed by atoms with van der Waals surface area (Å²) >= 11 is 0. The first-order valence-electron chi connectivity index (χ1n) is 7.15. The van der Waals surface area contributed by atoms with E-state index in [9.17, 15) is 9.90 Å². The molecule has 17 heavy (non-hydrogen) atoms. The summed E-state index contributed by atoms with van der Waals surface area (Å²) in [4.78, 5) is 14.2. The van der Waals surface area contributed by atoms with Gasteiger partial charge in [-0.15, -0.1) is 0 Å². The first kappa shape index (κ1) is 12.9. The molecule has 0 radical (unpaired) electrons. The lowest BCUT2D eigenvalue weighted by Gasteiger charge is -2.37. The normalized spacial score (nSPS) is 31.2. The third-order valence-corrected chi connectivity index (χ3v) is 4.49. The second kappa shape index (κ2) is 5.85. The molecule has 0 saturated heterocycles. The molecule has 0 heterocycles. The Balaban J connectivity index is 1.92. The lowest BCUT2D eigenvalue weighted by molar-refractivity contribution is -0.140. The van der Waals surface area contributed by atoms with Gasteiger partial charge in [0.2, 0.25) is 5.91 Å². The first-order valence-corrected chi connectivity index (χ1v) is 7.15. The molecule has 1 amide bonds. The van der Waals surface area contributed by atoms with E-state index < -0.39 is 0 Å². The van der Waals surface area contributed by atoms with Crippen molar-refractivity contribution in [3.8, 4) is 0 Å². The summed E-state index contributed by atoms with van der Waals surface area (Å²) in [5, 5.41) is 9.99. The van der Waals surface area contributed by atoms with Crippen LogP contribution in [0.25, 0.3) is 0 Å². The molecule has 0 bridgehead atoms. The van der Waals surface area contributed by atoms with Crippen molar-refractivity contribution in [2.75, 3.05) is 7.05 Å². The van der Waals surface area contributed by atoms with E-state index in [1.54, 1.807) is 0 Å². The Hall–Kier alpha value is -0.570. The van der Waals surface area contributed by atoms with Gasteiger partial charge in [0, 0.05) is 13.0 Å². The minimum absolute atomic E-state index is 0.0678. The summed E-state index contributed by atoms with van der Waals surface area (Å²) in [7, 11) is 1.89. The topological polar surface area (TPSA) is 40.5 Å². The lowest BCUT2D eigenvalue weighted by atomic mass is 9.86. The van der Waals surface area contributed by atoms with Crippen LogP contribution in [0.15, 0.2) is 0 Å². The zero-order valence-corrected chi connectivity index (χ0v) is 10.9. The Morgan fingerprint density at radius 3 is 2.24 bits per heavy atom. The van der Waals surface area contributed by atoms with E-state index in [0.29, 0.717) is 0 Å². The molecule has 0 spiro atoms. The van der Waals surface area contributed by atoms with Gasteiger partial charge in [0.05, 0.1) is 12.1 Å². The molecule has 0 aromatic carbocycles. The van der Waals surface area contributed by atoms with Crippen molar-refractivity contribution in [2.24, 2.45) is 5.92 Å². The fraction of sp³-hybridized carbons (Fsp3) is 0.929. The van der Waals surface area contributed by atoms with Crippen LogP contribution in [0.2, 0.25) is 0 Å². The van der Waals surface area contributed by atoms with Crippen LogP contribution >= 0.6 is 0 Å². The number of hydrogen-bond donors (Lipinski definition) is 1. The fourth-order valence-electron chi connectivity index (χ4n) is 3.34. The van der Waals surface area contributed by atoms with Crippen molar-refractivity contribution in [3.63, 3.8) is 0 Å². The highest BCUT2D eigenvalue weighted by molar-refractivity contribution is 5.79. The highest BCUT2D eigenvalue weighted by Gasteiger charge is 2.32. The first-order chi connectivity index (χ1) is 8.20. The Morgan fingerprint density at radius 1 is 1.00 bits per heavy atom. The second-order valence-electron chi connectivity index (χ2n) is 5.70. The van der Waals surface area contributed by atoms with Crippen LogP contribution in [0.4, 0.5) is 0 Å². The quantitative estimate of drug-likeness (QED) is 0.803. The maximum Gasteiger partial charge on any atom is 0.225 e. The SMILES string of the molecule is CN(C(=O)C1CCCCC1)C1CCCCC1O. The van der Waals surface area contributed by atoms with Crippen LogP contribution in [-0.2, 0) is 4.79 Å². The molecular formula is C14H25NO2. The monoisotopic (exact) mass is 239 g/mol. The average Bonchev–Trinajstić information content (AvgIpc) is 2.39. The van der Waals surface area contributed by atoms with Gasteiger partial charge in [-0.05, 0) is 25.7 Å². The van der Waals surface area contributed by atoms with E-state index in [1.807, 2.05) is 11.9 Å². The van der Waals surface area contributed by atoms with Gasteiger partial charge in [-0.3, -0.25) is 4.79 Å². The van der Waals surface area contributed by atoms with Gasteiger partial charge in [0.1, 0.15) is 0 Å². The van der Waals surface area contributed by atoms with Crippen molar-refractivity contribution in [3.05, 3.63) is 0 Å². The van der Waals surface area contributed by atoms with E-state index in [1.165, 1.54) is 19.3 Å². The van der Waals surface area contributed by atoms with Crippen molar-refractivity contribution in [2.45, 2.75) is 69.9 Å². The predicted molar refractivity (Wildman–Crippen MR) is 67.6 cm³/mol. The minimum Gasteiger partial charge on any atom is -0.391 e. The zero-order valence-electron chi connectivity index (χ0n) is 10.9. The van der Waals surface area contributed by atoms with Gasteiger partial charge in [-0.25, -0.2) is 0 Å². The number of rotatable bonds is 2. The van der Waals surface area contributed by atoms with Crippen LogP contribution in [-0.4, -0.2) is 35.1 Å². The summed E-state index contributed by atoms with van der Waals surface area (Å²) in [6, 6.07) is 0.0678. The highest BCUT2D eigenvalue weighted by Crippen LogP contribution is 2.28. The summed E-state index contributed by atoms with van der Waals surface area (Å²) in [6.07, 6.45) is 9.52. The molecule has 2 aliphatic rings.